The van der Waals surface area contributed by atoms with Gasteiger partial charge in [-0.05, 0) is 25.8 Å². The molecule has 6 atom stereocenters. The van der Waals surface area contributed by atoms with Gasteiger partial charge in [-0.15, -0.1) is 0 Å². The Morgan fingerprint density at radius 3 is 1.91 bits per heavy atom. The molecule has 0 aromatic heterocycles. The number of carbonyl (C=O) groups is 4. The normalized spacial score (nSPS) is 16.6. The first-order valence-electron chi connectivity index (χ1n) is 9.88. The van der Waals surface area contributed by atoms with Gasteiger partial charge in [-0.25, -0.2) is 4.79 Å². The number of carbonyl (C=O) groups excluding carboxylic acids is 3. The summed E-state index contributed by atoms with van der Waals surface area (Å²) in [5.74, 6) is -4.14. The predicted octanol–water partition coefficient (Wildman–Crippen LogP) is -2.21. The van der Waals surface area contributed by atoms with E-state index in [-0.39, 0.29) is 12.2 Å². The number of aliphatic hydroxyl groups is 2. The average molecular weight is 471 g/mol. The summed E-state index contributed by atoms with van der Waals surface area (Å²) in [5.41, 5.74) is 6.72. The van der Waals surface area contributed by atoms with Gasteiger partial charge in [0.15, 0.2) is 6.04 Å². The number of nitrogens with one attached hydrogen (secondary N) is 3. The Morgan fingerprint density at radius 1 is 0.906 bits per heavy atom. The van der Waals surface area contributed by atoms with Crippen LogP contribution in [0.5, 0.6) is 0 Å². The highest BCUT2D eigenvalue weighted by Crippen LogP contribution is 2.04. The fourth-order valence-electron chi connectivity index (χ4n) is 2.72. The predicted molar refractivity (Wildman–Crippen MR) is 119 cm³/mol. The Labute approximate surface area is 191 Å². The molecule has 8 N–H and O–H groups in total. The van der Waals surface area contributed by atoms with Crippen molar-refractivity contribution in [3.8, 4) is 0 Å². The van der Waals surface area contributed by atoms with E-state index in [4.69, 9.17) is 10.8 Å². The molecule has 0 aliphatic carbocycles. The lowest BCUT2D eigenvalue weighted by Crippen LogP contribution is -2.61. The van der Waals surface area contributed by atoms with E-state index in [0.717, 1.165) is 5.56 Å². The molecule has 1 aromatic carbocycles. The standard InChI is InChI=1S/C20H30N4O7S/c1-10(25)15(23-17(27)13(21)8-12-6-4-3-5-7-12)19(29)22-14(9-32)18(28)24-16(11(2)26)20(30)31/h3-7,10-11,13-16,25-26,32H,8-9,21H2,1-2H3,(H,22,29)(H,23,27)(H,24,28)(H,30,31). The van der Waals surface area contributed by atoms with Crippen molar-refractivity contribution in [2.45, 2.75) is 56.6 Å². The molecule has 0 aliphatic heterocycles. The third-order valence-electron chi connectivity index (χ3n) is 4.56. The zero-order valence-electron chi connectivity index (χ0n) is 17.8. The second-order valence-corrected chi connectivity index (χ2v) is 7.70. The summed E-state index contributed by atoms with van der Waals surface area (Å²) < 4.78 is 0. The zero-order valence-corrected chi connectivity index (χ0v) is 18.7. The highest BCUT2D eigenvalue weighted by molar-refractivity contribution is 7.80. The van der Waals surface area contributed by atoms with Gasteiger partial charge in [0, 0.05) is 5.75 Å². The highest BCUT2D eigenvalue weighted by Gasteiger charge is 2.33. The van der Waals surface area contributed by atoms with Crippen molar-refractivity contribution in [3.63, 3.8) is 0 Å². The molecule has 11 nitrogen and oxygen atoms in total. The topological polar surface area (TPSA) is 191 Å². The lowest BCUT2D eigenvalue weighted by atomic mass is 10.0. The molecular weight excluding hydrogens is 440 g/mol. The minimum absolute atomic E-state index is 0.207. The monoisotopic (exact) mass is 470 g/mol. The minimum atomic E-state index is -1.59. The molecule has 0 bridgehead atoms. The number of hydrogen-bond donors (Lipinski definition) is 8. The van der Waals surface area contributed by atoms with Crippen molar-refractivity contribution >= 4 is 36.3 Å². The number of carboxylic acid groups (broad SMARTS) is 1. The maximum atomic E-state index is 12.6. The van der Waals surface area contributed by atoms with Crippen LogP contribution in [-0.2, 0) is 25.6 Å². The van der Waals surface area contributed by atoms with Gasteiger partial charge in [-0.3, -0.25) is 14.4 Å². The van der Waals surface area contributed by atoms with Gasteiger partial charge in [0.05, 0.1) is 18.2 Å². The van der Waals surface area contributed by atoms with Crippen LogP contribution in [0.1, 0.15) is 19.4 Å². The first-order chi connectivity index (χ1) is 15.0. The molecule has 3 amide bonds. The maximum Gasteiger partial charge on any atom is 0.328 e. The van der Waals surface area contributed by atoms with Gasteiger partial charge in [0.2, 0.25) is 17.7 Å². The van der Waals surface area contributed by atoms with Crippen molar-refractivity contribution in [2.75, 3.05) is 5.75 Å². The molecule has 12 heteroatoms. The van der Waals surface area contributed by atoms with Gasteiger partial charge < -0.3 is 37.0 Å². The minimum Gasteiger partial charge on any atom is -0.480 e. The number of benzene rings is 1. The molecule has 0 aliphatic rings. The summed E-state index contributed by atoms with van der Waals surface area (Å²) in [6.07, 6.45) is -2.50. The second-order valence-electron chi connectivity index (χ2n) is 7.33. The Hall–Kier alpha value is -2.67. The van der Waals surface area contributed by atoms with Crippen LogP contribution in [0.15, 0.2) is 30.3 Å². The van der Waals surface area contributed by atoms with Crippen LogP contribution in [-0.4, -0.2) is 81.1 Å². The molecule has 178 valence electrons. The molecular formula is C20H30N4O7S. The van der Waals surface area contributed by atoms with Crippen LogP contribution in [0.4, 0.5) is 0 Å². The van der Waals surface area contributed by atoms with E-state index in [0.29, 0.717) is 0 Å². The number of nitrogens with two attached hydrogens (primary N) is 1. The molecule has 1 aromatic rings. The van der Waals surface area contributed by atoms with Crippen LogP contribution in [0.2, 0.25) is 0 Å². The summed E-state index contributed by atoms with van der Waals surface area (Å²) >= 11 is 3.98. The molecule has 32 heavy (non-hydrogen) atoms. The number of amides is 3. The van der Waals surface area contributed by atoms with Gasteiger partial charge in [0.25, 0.3) is 0 Å². The van der Waals surface area contributed by atoms with Crippen molar-refractivity contribution in [1.29, 1.82) is 0 Å². The lowest BCUT2D eigenvalue weighted by molar-refractivity contribution is -0.145. The van der Waals surface area contributed by atoms with Gasteiger partial charge >= 0.3 is 5.97 Å². The number of aliphatic carboxylic acids is 1. The van der Waals surface area contributed by atoms with Crippen LogP contribution >= 0.6 is 12.6 Å². The number of carboxylic acids is 1. The SMILES string of the molecule is CC(O)C(NC(=O)C(CS)NC(=O)C(NC(=O)C(N)Cc1ccccc1)C(C)O)C(=O)O. The third-order valence-corrected chi connectivity index (χ3v) is 4.92. The van der Waals surface area contributed by atoms with E-state index in [9.17, 15) is 29.4 Å². The number of thiol groups is 1. The largest absolute Gasteiger partial charge is 0.480 e. The smallest absolute Gasteiger partial charge is 0.328 e. The maximum absolute atomic E-state index is 12.6. The molecule has 6 unspecified atom stereocenters. The number of aliphatic hydroxyl groups excluding tert-OH is 2. The summed E-state index contributed by atoms with van der Waals surface area (Å²) in [6.45, 7) is 2.46. The zero-order chi connectivity index (χ0) is 24.4. The summed E-state index contributed by atoms with van der Waals surface area (Å²) in [4.78, 5) is 48.5. The first kappa shape index (κ1) is 27.4. The van der Waals surface area contributed by atoms with Crippen LogP contribution < -0.4 is 21.7 Å². The Bertz CT molecular complexity index is 791. The van der Waals surface area contributed by atoms with Gasteiger partial charge in [-0.2, -0.15) is 12.6 Å². The van der Waals surface area contributed by atoms with Crippen LogP contribution in [0.25, 0.3) is 0 Å². The summed E-state index contributed by atoms with van der Waals surface area (Å²) in [5, 5.41) is 35.3. The highest BCUT2D eigenvalue weighted by atomic mass is 32.1. The Morgan fingerprint density at radius 2 is 1.44 bits per heavy atom. The Kier molecular flexibility index (Phi) is 11.1. The van der Waals surface area contributed by atoms with Crippen molar-refractivity contribution in [1.82, 2.24) is 16.0 Å². The molecule has 0 saturated carbocycles. The average Bonchev–Trinajstić information content (AvgIpc) is 2.73. The third kappa shape index (κ3) is 8.46. The van der Waals surface area contributed by atoms with Crippen molar-refractivity contribution in [3.05, 3.63) is 35.9 Å². The fourth-order valence-corrected chi connectivity index (χ4v) is 2.98. The molecule has 0 heterocycles. The van der Waals surface area contributed by atoms with Crippen molar-refractivity contribution < 1.29 is 34.5 Å². The van der Waals surface area contributed by atoms with Crippen LogP contribution in [0, 0.1) is 0 Å². The fraction of sp³-hybridized carbons (Fsp3) is 0.500. The molecule has 0 saturated heterocycles. The molecule has 0 radical (unpaired) electrons. The quantitative estimate of drug-likeness (QED) is 0.158. The molecule has 1 rings (SSSR count). The Balaban J connectivity index is 2.80. The molecule has 0 fully saturated rings. The number of hydrogen-bond acceptors (Lipinski definition) is 8. The lowest BCUT2D eigenvalue weighted by Gasteiger charge is -2.26. The van der Waals surface area contributed by atoms with E-state index in [1.807, 2.05) is 6.07 Å². The molecule has 0 spiro atoms. The van der Waals surface area contributed by atoms with Gasteiger partial charge in [0.1, 0.15) is 12.1 Å². The second kappa shape index (κ2) is 13.0. The van der Waals surface area contributed by atoms with E-state index >= 15 is 0 Å². The summed E-state index contributed by atoms with van der Waals surface area (Å²) in [6, 6.07) is 3.69. The van der Waals surface area contributed by atoms with E-state index < -0.39 is 60.1 Å². The van der Waals surface area contributed by atoms with Crippen molar-refractivity contribution in [2.24, 2.45) is 5.73 Å². The summed E-state index contributed by atoms with van der Waals surface area (Å²) in [7, 11) is 0. The van der Waals surface area contributed by atoms with E-state index in [1.54, 1.807) is 24.3 Å². The number of rotatable bonds is 12. The van der Waals surface area contributed by atoms with Gasteiger partial charge in [-0.1, -0.05) is 30.3 Å². The first-order valence-corrected chi connectivity index (χ1v) is 10.5. The van der Waals surface area contributed by atoms with E-state index in [1.165, 1.54) is 13.8 Å². The van der Waals surface area contributed by atoms with Crippen LogP contribution in [0.3, 0.4) is 0 Å². The van der Waals surface area contributed by atoms with E-state index in [2.05, 4.69) is 28.6 Å².